The minimum absolute atomic E-state index is 0.166. The number of carbonyl (C=O) groups is 1. The normalized spacial score (nSPS) is 16.8. The van der Waals surface area contributed by atoms with Crippen molar-refractivity contribution >= 4 is 17.2 Å². The molecule has 1 aliphatic rings. The quantitative estimate of drug-likeness (QED) is 0.599. The summed E-state index contributed by atoms with van der Waals surface area (Å²) in [5.41, 5.74) is 1.27. The van der Waals surface area contributed by atoms with Crippen molar-refractivity contribution in [1.82, 2.24) is 10.6 Å². The van der Waals surface area contributed by atoms with E-state index in [0.29, 0.717) is 12.5 Å². The molecule has 2 rings (SSSR count). The van der Waals surface area contributed by atoms with Crippen LogP contribution >= 0.6 is 11.3 Å². The van der Waals surface area contributed by atoms with Crippen LogP contribution in [0.5, 0.6) is 0 Å². The van der Waals surface area contributed by atoms with Crippen LogP contribution in [0.15, 0.2) is 16.8 Å². The van der Waals surface area contributed by atoms with Gasteiger partial charge in [0.2, 0.25) is 5.91 Å². The van der Waals surface area contributed by atoms with E-state index in [2.05, 4.69) is 27.5 Å². The van der Waals surface area contributed by atoms with Crippen LogP contribution in [-0.4, -0.2) is 25.0 Å². The molecule has 3 nitrogen and oxygen atoms in total. The fraction of sp³-hybridized carbons (Fsp3) is 0.688. The Kier molecular flexibility index (Phi) is 7.09. The summed E-state index contributed by atoms with van der Waals surface area (Å²) >= 11 is 1.69. The predicted molar refractivity (Wildman–Crippen MR) is 85.1 cm³/mol. The molecule has 1 fully saturated rings. The number of hydrogen-bond acceptors (Lipinski definition) is 3. The number of aryl methyl sites for hydroxylation is 1. The number of nitrogens with one attached hydrogen (secondary N) is 2. The van der Waals surface area contributed by atoms with Crippen molar-refractivity contribution in [2.75, 3.05) is 13.1 Å². The van der Waals surface area contributed by atoms with E-state index in [0.717, 1.165) is 19.5 Å². The Labute approximate surface area is 126 Å². The minimum atomic E-state index is 0.166. The molecule has 1 aromatic rings. The van der Waals surface area contributed by atoms with Gasteiger partial charge in [0.1, 0.15) is 0 Å². The summed E-state index contributed by atoms with van der Waals surface area (Å²) in [6.07, 6.45) is 9.52. The molecule has 0 spiro atoms. The highest BCUT2D eigenvalue weighted by atomic mass is 32.1. The predicted octanol–water partition coefficient (Wildman–Crippen LogP) is 3.11. The maximum absolute atomic E-state index is 11.7. The van der Waals surface area contributed by atoms with Gasteiger partial charge >= 0.3 is 0 Å². The second-order valence-corrected chi connectivity index (χ2v) is 6.40. The Morgan fingerprint density at radius 3 is 2.70 bits per heavy atom. The lowest BCUT2D eigenvalue weighted by Crippen LogP contribution is -2.36. The first kappa shape index (κ1) is 15.5. The first-order chi connectivity index (χ1) is 9.84. The van der Waals surface area contributed by atoms with Gasteiger partial charge in [-0.1, -0.05) is 25.7 Å². The third-order valence-electron chi connectivity index (χ3n) is 3.96. The number of hydrogen-bond donors (Lipinski definition) is 2. The van der Waals surface area contributed by atoms with Gasteiger partial charge in [0.05, 0.1) is 0 Å². The Bertz CT molecular complexity index is 370. The summed E-state index contributed by atoms with van der Waals surface area (Å²) in [7, 11) is 0. The molecule has 1 saturated carbocycles. The zero-order valence-corrected chi connectivity index (χ0v) is 13.0. The van der Waals surface area contributed by atoms with Gasteiger partial charge in [-0.2, -0.15) is 11.3 Å². The van der Waals surface area contributed by atoms with Gasteiger partial charge < -0.3 is 10.6 Å². The Morgan fingerprint density at radius 2 is 2.00 bits per heavy atom. The largest absolute Gasteiger partial charge is 0.355 e. The van der Waals surface area contributed by atoms with Crippen LogP contribution in [0.4, 0.5) is 0 Å². The average Bonchev–Trinajstić information content (AvgIpc) is 2.84. The first-order valence-electron chi connectivity index (χ1n) is 7.86. The van der Waals surface area contributed by atoms with Gasteiger partial charge in [-0.05, 0) is 41.7 Å². The van der Waals surface area contributed by atoms with Gasteiger partial charge in [0.15, 0.2) is 0 Å². The van der Waals surface area contributed by atoms with Crippen molar-refractivity contribution in [3.05, 3.63) is 22.4 Å². The maximum atomic E-state index is 11.7. The van der Waals surface area contributed by atoms with E-state index in [-0.39, 0.29) is 5.91 Å². The van der Waals surface area contributed by atoms with Crippen molar-refractivity contribution in [2.24, 2.45) is 0 Å². The highest BCUT2D eigenvalue weighted by Gasteiger charge is 2.11. The molecule has 2 N–H and O–H groups in total. The molecule has 0 radical (unpaired) electrons. The summed E-state index contributed by atoms with van der Waals surface area (Å²) in [5, 5.41) is 10.7. The lowest BCUT2D eigenvalue weighted by Gasteiger charge is -2.16. The summed E-state index contributed by atoms with van der Waals surface area (Å²) in [6.45, 7) is 1.65. The lowest BCUT2D eigenvalue weighted by molar-refractivity contribution is -0.121. The van der Waals surface area contributed by atoms with Gasteiger partial charge in [-0.3, -0.25) is 4.79 Å². The molecule has 0 bridgehead atoms. The zero-order valence-electron chi connectivity index (χ0n) is 12.2. The van der Waals surface area contributed by atoms with Gasteiger partial charge in [0.25, 0.3) is 0 Å². The summed E-state index contributed by atoms with van der Waals surface area (Å²) < 4.78 is 0. The van der Waals surface area contributed by atoms with Gasteiger partial charge in [-0.15, -0.1) is 0 Å². The number of carbonyl (C=O) groups excluding carboxylic acids is 1. The summed E-state index contributed by atoms with van der Waals surface area (Å²) in [6, 6.07) is 2.76. The van der Waals surface area contributed by atoms with Crippen molar-refractivity contribution in [3.8, 4) is 0 Å². The van der Waals surface area contributed by atoms with Crippen LogP contribution in [0.1, 0.15) is 50.5 Å². The fourth-order valence-corrected chi connectivity index (χ4v) is 3.45. The van der Waals surface area contributed by atoms with Crippen molar-refractivity contribution in [1.29, 1.82) is 0 Å². The van der Waals surface area contributed by atoms with E-state index in [4.69, 9.17) is 0 Å². The second kappa shape index (κ2) is 9.14. The van der Waals surface area contributed by atoms with E-state index in [9.17, 15) is 4.79 Å². The molecule has 0 aromatic carbocycles. The summed E-state index contributed by atoms with van der Waals surface area (Å²) in [4.78, 5) is 11.7. The standard InChI is InChI=1S/C16H26N2OS/c19-16(8-7-14-9-12-20-13-14)18-11-10-17-15-5-3-1-2-4-6-15/h9,12-13,15,17H,1-8,10-11H2,(H,18,19). The van der Waals surface area contributed by atoms with E-state index in [1.165, 1.54) is 44.1 Å². The molecule has 1 amide bonds. The van der Waals surface area contributed by atoms with E-state index in [1.54, 1.807) is 11.3 Å². The molecule has 0 saturated heterocycles. The van der Waals surface area contributed by atoms with Crippen LogP contribution in [0, 0.1) is 0 Å². The molecule has 1 heterocycles. The summed E-state index contributed by atoms with van der Waals surface area (Å²) in [5.74, 6) is 0.166. The van der Waals surface area contributed by atoms with Crippen molar-refractivity contribution in [3.63, 3.8) is 0 Å². The Morgan fingerprint density at radius 1 is 1.20 bits per heavy atom. The third kappa shape index (κ3) is 6.06. The SMILES string of the molecule is O=C(CCc1ccsc1)NCCNC1CCCCCC1. The minimum Gasteiger partial charge on any atom is -0.355 e. The molecule has 1 aliphatic carbocycles. The molecule has 0 unspecified atom stereocenters. The molecule has 112 valence electrons. The van der Waals surface area contributed by atoms with E-state index < -0.39 is 0 Å². The Hall–Kier alpha value is -0.870. The Balaban J connectivity index is 1.50. The van der Waals surface area contributed by atoms with Crippen LogP contribution in [0.2, 0.25) is 0 Å². The molecule has 1 aromatic heterocycles. The van der Waals surface area contributed by atoms with E-state index >= 15 is 0 Å². The molecule has 4 heteroatoms. The monoisotopic (exact) mass is 294 g/mol. The molecule has 0 aliphatic heterocycles. The molecule has 20 heavy (non-hydrogen) atoms. The number of rotatable bonds is 7. The zero-order chi connectivity index (χ0) is 14.0. The molecular formula is C16H26N2OS. The van der Waals surface area contributed by atoms with Crippen molar-refractivity contribution in [2.45, 2.75) is 57.4 Å². The fourth-order valence-electron chi connectivity index (χ4n) is 2.74. The van der Waals surface area contributed by atoms with Crippen LogP contribution < -0.4 is 10.6 Å². The average molecular weight is 294 g/mol. The highest BCUT2D eigenvalue weighted by molar-refractivity contribution is 7.07. The number of thiophene rings is 1. The van der Waals surface area contributed by atoms with Gasteiger partial charge in [0, 0.05) is 25.6 Å². The van der Waals surface area contributed by atoms with Crippen LogP contribution in [0.25, 0.3) is 0 Å². The smallest absolute Gasteiger partial charge is 0.220 e. The molecular weight excluding hydrogens is 268 g/mol. The molecule has 0 atom stereocenters. The van der Waals surface area contributed by atoms with Crippen molar-refractivity contribution < 1.29 is 4.79 Å². The van der Waals surface area contributed by atoms with Gasteiger partial charge in [-0.25, -0.2) is 0 Å². The maximum Gasteiger partial charge on any atom is 0.220 e. The van der Waals surface area contributed by atoms with Crippen LogP contribution in [0.3, 0.4) is 0 Å². The first-order valence-corrected chi connectivity index (χ1v) is 8.80. The van der Waals surface area contributed by atoms with Crippen LogP contribution in [-0.2, 0) is 11.2 Å². The highest BCUT2D eigenvalue weighted by Crippen LogP contribution is 2.16. The number of amides is 1. The topological polar surface area (TPSA) is 41.1 Å². The lowest BCUT2D eigenvalue weighted by atomic mass is 10.1. The van der Waals surface area contributed by atoms with E-state index in [1.807, 2.05) is 0 Å². The second-order valence-electron chi connectivity index (χ2n) is 5.62. The third-order valence-corrected chi connectivity index (χ3v) is 4.69.